The summed E-state index contributed by atoms with van der Waals surface area (Å²) in [6.07, 6.45) is 3.07. The molecular weight excluding hydrogens is 387 g/mol. The Bertz CT molecular complexity index is 697. The fourth-order valence-corrected chi connectivity index (χ4v) is 2.39. The number of rotatable bonds is 4. The summed E-state index contributed by atoms with van der Waals surface area (Å²) in [7, 11) is 3.19. The number of phenolic OH excluding ortho intramolecular Hbond substituents is 1. The van der Waals surface area contributed by atoms with Crippen molar-refractivity contribution in [3.63, 3.8) is 0 Å². The number of halogens is 1. The number of hydrazone groups is 1. The van der Waals surface area contributed by atoms with Crippen molar-refractivity contribution in [3.05, 3.63) is 39.2 Å². The van der Waals surface area contributed by atoms with Gasteiger partial charge in [-0.3, -0.25) is 9.48 Å². The molecule has 1 amide bonds. The van der Waals surface area contributed by atoms with E-state index in [-0.39, 0.29) is 5.75 Å². The molecule has 1 heterocycles. The van der Waals surface area contributed by atoms with Crippen LogP contribution in [-0.4, -0.2) is 34.1 Å². The molecule has 1 aromatic heterocycles. The number of carbonyl (C=O) groups excluding carboxylic acids is 1. The number of hydrogen-bond donors (Lipinski definition) is 2. The first kappa shape index (κ1) is 15.3. The molecule has 21 heavy (non-hydrogen) atoms. The Kier molecular flexibility index (Phi) is 4.78. The zero-order chi connectivity index (χ0) is 15.4. The summed E-state index contributed by atoms with van der Waals surface area (Å²) in [5.74, 6) is -0.117. The van der Waals surface area contributed by atoms with Crippen LogP contribution >= 0.6 is 22.6 Å². The number of phenols is 1. The average Bonchev–Trinajstić information content (AvgIpc) is 2.79. The van der Waals surface area contributed by atoms with Gasteiger partial charge in [0.2, 0.25) is 0 Å². The van der Waals surface area contributed by atoms with Crippen molar-refractivity contribution in [1.82, 2.24) is 15.2 Å². The lowest BCUT2D eigenvalue weighted by atomic mass is 10.2. The van der Waals surface area contributed by atoms with Gasteiger partial charge in [-0.05, 0) is 34.7 Å². The maximum atomic E-state index is 11.9. The van der Waals surface area contributed by atoms with Gasteiger partial charge in [0.1, 0.15) is 0 Å². The van der Waals surface area contributed by atoms with Gasteiger partial charge in [-0.25, -0.2) is 5.43 Å². The van der Waals surface area contributed by atoms with Crippen molar-refractivity contribution in [2.75, 3.05) is 7.11 Å². The number of amides is 1. The molecule has 0 aliphatic carbocycles. The number of aryl methyl sites for hydroxylation is 1. The largest absolute Gasteiger partial charge is 0.504 e. The van der Waals surface area contributed by atoms with Crippen LogP contribution in [0, 0.1) is 3.57 Å². The summed E-state index contributed by atoms with van der Waals surface area (Å²) in [4.78, 5) is 11.9. The van der Waals surface area contributed by atoms with Gasteiger partial charge in [0.25, 0.3) is 5.91 Å². The van der Waals surface area contributed by atoms with Crippen molar-refractivity contribution in [3.8, 4) is 11.5 Å². The van der Waals surface area contributed by atoms with E-state index < -0.39 is 5.91 Å². The van der Waals surface area contributed by atoms with Gasteiger partial charge in [0.15, 0.2) is 17.2 Å². The monoisotopic (exact) mass is 400 g/mol. The Hall–Kier alpha value is -2.10. The second kappa shape index (κ2) is 6.57. The minimum Gasteiger partial charge on any atom is -0.504 e. The van der Waals surface area contributed by atoms with Crippen LogP contribution in [0.3, 0.4) is 0 Å². The zero-order valence-corrected chi connectivity index (χ0v) is 13.5. The highest BCUT2D eigenvalue weighted by atomic mass is 127. The maximum Gasteiger partial charge on any atom is 0.292 e. The van der Waals surface area contributed by atoms with Gasteiger partial charge in [-0.15, -0.1) is 0 Å². The molecule has 8 heteroatoms. The number of carbonyl (C=O) groups is 1. The molecule has 0 aliphatic rings. The lowest BCUT2D eigenvalue weighted by molar-refractivity contribution is 0.0948. The third kappa shape index (κ3) is 3.51. The molecule has 0 spiro atoms. The van der Waals surface area contributed by atoms with E-state index in [1.165, 1.54) is 13.3 Å². The van der Waals surface area contributed by atoms with Gasteiger partial charge >= 0.3 is 0 Å². The molecule has 2 rings (SSSR count). The van der Waals surface area contributed by atoms with Gasteiger partial charge in [0.05, 0.1) is 16.9 Å². The van der Waals surface area contributed by atoms with E-state index in [4.69, 9.17) is 4.74 Å². The molecular formula is C13H13IN4O3. The van der Waals surface area contributed by atoms with E-state index in [1.807, 2.05) is 22.6 Å². The first-order chi connectivity index (χ1) is 10.0. The third-order valence-electron chi connectivity index (χ3n) is 2.62. The van der Waals surface area contributed by atoms with Crippen molar-refractivity contribution in [1.29, 1.82) is 0 Å². The summed E-state index contributed by atoms with van der Waals surface area (Å²) in [5, 5.41) is 17.7. The summed E-state index contributed by atoms with van der Waals surface area (Å²) in [6, 6.07) is 4.99. The molecule has 110 valence electrons. The van der Waals surface area contributed by atoms with E-state index in [2.05, 4.69) is 15.6 Å². The minimum absolute atomic E-state index is 0.0367. The van der Waals surface area contributed by atoms with Crippen LogP contribution < -0.4 is 10.2 Å². The molecule has 7 nitrogen and oxygen atoms in total. The third-order valence-corrected chi connectivity index (χ3v) is 3.41. The number of hydrogen-bond acceptors (Lipinski definition) is 5. The van der Waals surface area contributed by atoms with Crippen molar-refractivity contribution >= 4 is 34.7 Å². The number of para-hydroxylation sites is 1. The van der Waals surface area contributed by atoms with E-state index in [0.29, 0.717) is 17.0 Å². The standard InChI is InChI=1S/C13H13IN4O3/c1-18-7-9(14)11(17-18)13(20)16-15-6-8-4-3-5-10(21-2)12(8)19/h3-7,19H,1-2H3,(H,16,20)/b15-6+. The number of nitrogens with one attached hydrogen (secondary N) is 1. The average molecular weight is 400 g/mol. The van der Waals surface area contributed by atoms with Gasteiger partial charge in [-0.2, -0.15) is 10.2 Å². The number of aromatic hydroxyl groups is 1. The highest BCUT2D eigenvalue weighted by Gasteiger charge is 2.13. The smallest absolute Gasteiger partial charge is 0.292 e. The lowest BCUT2D eigenvalue weighted by Crippen LogP contribution is -2.19. The predicted octanol–water partition coefficient (Wildman–Crippen LogP) is 1.50. The summed E-state index contributed by atoms with van der Waals surface area (Å²) in [6.45, 7) is 0. The van der Waals surface area contributed by atoms with Crippen molar-refractivity contribution in [2.24, 2.45) is 12.1 Å². The van der Waals surface area contributed by atoms with Crippen molar-refractivity contribution < 1.29 is 14.6 Å². The number of methoxy groups -OCH3 is 1. The number of aromatic nitrogens is 2. The second-order valence-corrected chi connectivity index (χ2v) is 5.26. The Balaban J connectivity index is 2.09. The highest BCUT2D eigenvalue weighted by Crippen LogP contribution is 2.27. The molecule has 0 radical (unpaired) electrons. The predicted molar refractivity (Wildman–Crippen MR) is 85.6 cm³/mol. The quantitative estimate of drug-likeness (QED) is 0.463. The number of nitrogens with zero attached hydrogens (tertiary/aromatic N) is 3. The first-order valence-electron chi connectivity index (χ1n) is 5.91. The van der Waals surface area contributed by atoms with Crippen LogP contribution in [0.15, 0.2) is 29.5 Å². The summed E-state index contributed by atoms with van der Waals surface area (Å²) in [5.41, 5.74) is 3.10. The Morgan fingerprint density at radius 3 is 2.95 bits per heavy atom. The Morgan fingerprint density at radius 2 is 2.33 bits per heavy atom. The van der Waals surface area contributed by atoms with Gasteiger partial charge in [-0.1, -0.05) is 6.07 Å². The molecule has 0 atom stereocenters. The first-order valence-corrected chi connectivity index (χ1v) is 6.99. The second-order valence-electron chi connectivity index (χ2n) is 4.10. The SMILES string of the molecule is COc1cccc(/C=N/NC(=O)c2nn(C)cc2I)c1O. The van der Waals surface area contributed by atoms with E-state index in [1.54, 1.807) is 36.1 Å². The van der Waals surface area contributed by atoms with Crippen LogP contribution in [-0.2, 0) is 7.05 Å². The van der Waals surface area contributed by atoms with Crippen LogP contribution in [0.1, 0.15) is 16.1 Å². The normalized spacial score (nSPS) is 10.8. The van der Waals surface area contributed by atoms with Crippen molar-refractivity contribution in [2.45, 2.75) is 0 Å². The molecule has 1 aromatic carbocycles. The topological polar surface area (TPSA) is 88.7 Å². The number of benzene rings is 1. The minimum atomic E-state index is -0.418. The van der Waals surface area contributed by atoms with Gasteiger partial charge < -0.3 is 9.84 Å². The Morgan fingerprint density at radius 1 is 1.57 bits per heavy atom. The van der Waals surface area contributed by atoms with E-state index >= 15 is 0 Å². The fourth-order valence-electron chi connectivity index (χ4n) is 1.64. The summed E-state index contributed by atoms with van der Waals surface area (Å²) < 4.78 is 7.27. The molecule has 2 aromatic rings. The Labute approximate surface area is 134 Å². The molecule has 0 saturated carbocycles. The molecule has 0 aliphatic heterocycles. The van der Waals surface area contributed by atoms with Gasteiger partial charge in [0, 0.05) is 18.8 Å². The molecule has 0 saturated heterocycles. The van der Waals surface area contributed by atoms with E-state index in [0.717, 1.165) is 3.57 Å². The van der Waals surface area contributed by atoms with Crippen LogP contribution in [0.4, 0.5) is 0 Å². The molecule has 2 N–H and O–H groups in total. The highest BCUT2D eigenvalue weighted by molar-refractivity contribution is 14.1. The molecule has 0 unspecified atom stereocenters. The maximum absolute atomic E-state index is 11.9. The molecule has 0 fully saturated rings. The number of ether oxygens (including phenoxy) is 1. The fraction of sp³-hybridized carbons (Fsp3) is 0.154. The van der Waals surface area contributed by atoms with Crippen LogP contribution in [0.2, 0.25) is 0 Å². The van der Waals surface area contributed by atoms with Crippen LogP contribution in [0.25, 0.3) is 0 Å². The van der Waals surface area contributed by atoms with Crippen LogP contribution in [0.5, 0.6) is 11.5 Å². The summed E-state index contributed by atoms with van der Waals surface area (Å²) >= 11 is 2.02. The zero-order valence-electron chi connectivity index (χ0n) is 11.4. The lowest BCUT2D eigenvalue weighted by Gasteiger charge is -2.04. The molecule has 0 bridgehead atoms. The van der Waals surface area contributed by atoms with E-state index in [9.17, 15) is 9.90 Å².